The molecule has 7 heteroatoms. The zero-order valence-corrected chi connectivity index (χ0v) is 18.0. The Balaban J connectivity index is 1.83. The summed E-state index contributed by atoms with van der Waals surface area (Å²) in [4.78, 5) is 15.7. The molecule has 0 fully saturated rings. The number of hydrogen-bond acceptors (Lipinski definition) is 3. The number of aliphatic imine (C=N–C) groups is 1. The van der Waals surface area contributed by atoms with Gasteiger partial charge < -0.3 is 20.7 Å². The Bertz CT molecular complexity index is 822. The molecule has 2 aromatic carbocycles. The van der Waals surface area contributed by atoms with Crippen molar-refractivity contribution in [3.05, 3.63) is 58.6 Å². The first kappa shape index (κ1) is 22.6. The average molecular weight is 417 g/mol. The quantitative estimate of drug-likeness (QED) is 0.431. The molecule has 3 N–H and O–H groups in total. The molecule has 6 nitrogen and oxygen atoms in total. The van der Waals surface area contributed by atoms with Gasteiger partial charge in [-0.15, -0.1) is 0 Å². The van der Waals surface area contributed by atoms with Gasteiger partial charge in [0.25, 0.3) is 0 Å². The number of carbonyl (C=O) groups excluding carboxylic acids is 1. The molecule has 2 rings (SSSR count). The van der Waals surface area contributed by atoms with Gasteiger partial charge in [0, 0.05) is 37.3 Å². The standard InChI is InChI=1S/C22H29ClN4O2/c1-4-24-22(26-14-12-18-7-10-20(29-3)15-21(18)23)25-13-11-17-5-8-19(9-6-17)27-16(2)28/h5-10,15H,4,11-14H2,1-3H3,(H,27,28)(H2,24,25,26). The van der Waals surface area contributed by atoms with Crippen molar-refractivity contribution in [3.63, 3.8) is 0 Å². The summed E-state index contributed by atoms with van der Waals surface area (Å²) in [6.07, 6.45) is 1.61. The topological polar surface area (TPSA) is 74.8 Å². The smallest absolute Gasteiger partial charge is 0.221 e. The first-order chi connectivity index (χ1) is 14.0. The summed E-state index contributed by atoms with van der Waals surface area (Å²) >= 11 is 6.29. The van der Waals surface area contributed by atoms with Gasteiger partial charge in [-0.25, -0.2) is 0 Å². The van der Waals surface area contributed by atoms with Crippen molar-refractivity contribution < 1.29 is 9.53 Å². The maximum absolute atomic E-state index is 11.1. The van der Waals surface area contributed by atoms with E-state index in [0.717, 1.165) is 48.9 Å². The fourth-order valence-electron chi connectivity index (χ4n) is 2.77. The number of rotatable bonds is 9. The van der Waals surface area contributed by atoms with E-state index in [1.54, 1.807) is 7.11 Å². The van der Waals surface area contributed by atoms with Gasteiger partial charge in [-0.3, -0.25) is 9.79 Å². The number of nitrogens with one attached hydrogen (secondary N) is 3. The molecular weight excluding hydrogens is 388 g/mol. The van der Waals surface area contributed by atoms with Crippen LogP contribution < -0.4 is 20.7 Å². The van der Waals surface area contributed by atoms with E-state index >= 15 is 0 Å². The Labute approximate surface area is 177 Å². The third kappa shape index (κ3) is 8.03. The lowest BCUT2D eigenvalue weighted by atomic mass is 10.1. The molecule has 0 aromatic heterocycles. The minimum Gasteiger partial charge on any atom is -0.497 e. The molecule has 0 aliphatic carbocycles. The Morgan fingerprint density at radius 1 is 1.10 bits per heavy atom. The number of hydrogen-bond donors (Lipinski definition) is 3. The molecule has 1 amide bonds. The normalized spacial score (nSPS) is 11.1. The molecule has 156 valence electrons. The number of benzene rings is 2. The fraction of sp³-hybridized carbons (Fsp3) is 0.364. The molecule has 2 aromatic rings. The van der Waals surface area contributed by atoms with Crippen molar-refractivity contribution in [2.24, 2.45) is 4.99 Å². The van der Waals surface area contributed by atoms with E-state index in [1.165, 1.54) is 12.5 Å². The second-order valence-corrected chi connectivity index (χ2v) is 6.93. The van der Waals surface area contributed by atoms with Gasteiger partial charge in [0.15, 0.2) is 5.96 Å². The first-order valence-corrected chi connectivity index (χ1v) is 10.1. The lowest BCUT2D eigenvalue weighted by Crippen LogP contribution is -2.38. The maximum Gasteiger partial charge on any atom is 0.221 e. The van der Waals surface area contributed by atoms with E-state index < -0.39 is 0 Å². The maximum atomic E-state index is 11.1. The van der Waals surface area contributed by atoms with Gasteiger partial charge >= 0.3 is 0 Å². The minimum absolute atomic E-state index is 0.0677. The number of anilines is 1. The van der Waals surface area contributed by atoms with Gasteiger partial charge in [-0.05, 0) is 55.2 Å². The largest absolute Gasteiger partial charge is 0.497 e. The van der Waals surface area contributed by atoms with Gasteiger partial charge in [0.05, 0.1) is 7.11 Å². The van der Waals surface area contributed by atoms with E-state index in [9.17, 15) is 4.79 Å². The van der Waals surface area contributed by atoms with E-state index in [0.29, 0.717) is 11.6 Å². The zero-order chi connectivity index (χ0) is 21.1. The highest BCUT2D eigenvalue weighted by molar-refractivity contribution is 6.31. The van der Waals surface area contributed by atoms with Crippen molar-refractivity contribution >= 4 is 29.2 Å². The summed E-state index contributed by atoms with van der Waals surface area (Å²) in [6, 6.07) is 13.6. The van der Waals surface area contributed by atoms with Gasteiger partial charge in [0.1, 0.15) is 5.75 Å². The monoisotopic (exact) mass is 416 g/mol. The lowest BCUT2D eigenvalue weighted by Gasteiger charge is -2.12. The highest BCUT2D eigenvalue weighted by Crippen LogP contribution is 2.22. The molecule has 0 aliphatic heterocycles. The molecule has 0 aliphatic rings. The lowest BCUT2D eigenvalue weighted by molar-refractivity contribution is -0.114. The second kappa shape index (κ2) is 12.0. The number of carbonyl (C=O) groups is 1. The van der Waals surface area contributed by atoms with Crippen LogP contribution in [0, 0.1) is 0 Å². The molecule has 0 saturated carbocycles. The van der Waals surface area contributed by atoms with Crippen LogP contribution in [0.3, 0.4) is 0 Å². The van der Waals surface area contributed by atoms with Crippen molar-refractivity contribution in [2.45, 2.75) is 26.7 Å². The van der Waals surface area contributed by atoms with Crippen LogP contribution in [0.4, 0.5) is 5.69 Å². The van der Waals surface area contributed by atoms with Gasteiger partial charge in [-0.2, -0.15) is 0 Å². The highest BCUT2D eigenvalue weighted by atomic mass is 35.5. The fourth-order valence-corrected chi connectivity index (χ4v) is 3.04. The van der Waals surface area contributed by atoms with Gasteiger partial charge in [-0.1, -0.05) is 29.8 Å². The molecule has 0 spiro atoms. The van der Waals surface area contributed by atoms with E-state index in [1.807, 2.05) is 49.4 Å². The summed E-state index contributed by atoms with van der Waals surface area (Å²) in [5.74, 6) is 1.47. The SMILES string of the molecule is CCNC(=NCCc1ccc(OC)cc1Cl)NCCc1ccc(NC(C)=O)cc1. The van der Waals surface area contributed by atoms with E-state index in [4.69, 9.17) is 16.3 Å². The number of methoxy groups -OCH3 is 1. The Morgan fingerprint density at radius 2 is 1.86 bits per heavy atom. The molecular formula is C22H29ClN4O2. The van der Waals surface area contributed by atoms with Gasteiger partial charge in [0.2, 0.25) is 5.91 Å². The van der Waals surface area contributed by atoms with Crippen LogP contribution in [0.15, 0.2) is 47.5 Å². The number of guanidine groups is 1. The Kier molecular flexibility index (Phi) is 9.31. The molecule has 0 unspecified atom stereocenters. The Hall–Kier alpha value is -2.73. The van der Waals surface area contributed by atoms with Crippen LogP contribution in [-0.4, -0.2) is 38.6 Å². The number of ether oxygens (including phenoxy) is 1. The molecule has 0 atom stereocenters. The summed E-state index contributed by atoms with van der Waals surface area (Å²) in [5, 5.41) is 10.1. The summed E-state index contributed by atoms with van der Waals surface area (Å²) < 4.78 is 5.18. The Morgan fingerprint density at radius 3 is 2.48 bits per heavy atom. The van der Waals surface area contributed by atoms with Crippen molar-refractivity contribution in [2.75, 3.05) is 32.1 Å². The number of nitrogens with zero attached hydrogens (tertiary/aromatic N) is 1. The molecule has 0 bridgehead atoms. The van der Waals surface area contributed by atoms with E-state index in [2.05, 4.69) is 20.9 Å². The predicted molar refractivity (Wildman–Crippen MR) is 120 cm³/mol. The summed E-state index contributed by atoms with van der Waals surface area (Å²) in [6.45, 7) is 5.72. The van der Waals surface area contributed by atoms with E-state index in [-0.39, 0.29) is 5.91 Å². The van der Waals surface area contributed by atoms with Crippen molar-refractivity contribution in [3.8, 4) is 5.75 Å². The summed E-state index contributed by atoms with van der Waals surface area (Å²) in [5.41, 5.74) is 3.04. The van der Waals surface area contributed by atoms with Crippen LogP contribution in [-0.2, 0) is 17.6 Å². The van der Waals surface area contributed by atoms with Crippen LogP contribution >= 0.6 is 11.6 Å². The van der Waals surface area contributed by atoms with Crippen molar-refractivity contribution in [1.82, 2.24) is 10.6 Å². The van der Waals surface area contributed by atoms with Crippen LogP contribution in [0.2, 0.25) is 5.02 Å². The van der Waals surface area contributed by atoms with Crippen LogP contribution in [0.5, 0.6) is 5.75 Å². The zero-order valence-electron chi connectivity index (χ0n) is 17.2. The summed E-state index contributed by atoms with van der Waals surface area (Å²) in [7, 11) is 1.63. The molecule has 0 radical (unpaired) electrons. The third-order valence-electron chi connectivity index (χ3n) is 4.24. The first-order valence-electron chi connectivity index (χ1n) is 9.73. The van der Waals surface area contributed by atoms with Crippen LogP contribution in [0.1, 0.15) is 25.0 Å². The molecule has 0 heterocycles. The number of amides is 1. The van der Waals surface area contributed by atoms with Crippen LogP contribution in [0.25, 0.3) is 0 Å². The third-order valence-corrected chi connectivity index (χ3v) is 4.59. The minimum atomic E-state index is -0.0677. The van der Waals surface area contributed by atoms with Crippen molar-refractivity contribution in [1.29, 1.82) is 0 Å². The average Bonchev–Trinajstić information content (AvgIpc) is 2.70. The predicted octanol–water partition coefficient (Wildman–Crippen LogP) is 3.65. The highest BCUT2D eigenvalue weighted by Gasteiger charge is 2.03. The molecule has 0 saturated heterocycles. The molecule has 29 heavy (non-hydrogen) atoms. The number of halogens is 1. The second-order valence-electron chi connectivity index (χ2n) is 6.52.